The Bertz CT molecular complexity index is 1260. The maximum absolute atomic E-state index is 8.59. The minimum absolute atomic E-state index is 0. The van der Waals surface area contributed by atoms with Gasteiger partial charge in [0.25, 0.3) is 0 Å². The zero-order valence-electron chi connectivity index (χ0n) is 23.4. The third-order valence-corrected chi connectivity index (χ3v) is 10.2. The van der Waals surface area contributed by atoms with Gasteiger partial charge in [-0.1, -0.05) is 134 Å². The molecule has 8 nitrogen and oxygen atoms in total. The zero-order chi connectivity index (χ0) is 31.4. The van der Waals surface area contributed by atoms with Crippen LogP contribution in [0.15, 0.2) is 121 Å². The van der Waals surface area contributed by atoms with E-state index in [-0.39, 0.29) is 48.8 Å². The van der Waals surface area contributed by atoms with E-state index in [9.17, 15) is 0 Å². The first-order valence-corrected chi connectivity index (χ1v) is 19.7. The molecule has 0 atom stereocenters. The maximum atomic E-state index is 8.59. The fourth-order valence-corrected chi connectivity index (χ4v) is 7.95. The van der Waals surface area contributed by atoms with Crippen LogP contribution >= 0.6 is 15.8 Å². The van der Waals surface area contributed by atoms with E-state index in [1.54, 1.807) is 0 Å². The molecule has 44 heavy (non-hydrogen) atoms. The van der Waals surface area contributed by atoms with Crippen molar-refractivity contribution in [2.75, 3.05) is 12.3 Å². The molecule has 4 aromatic rings. The summed E-state index contributed by atoms with van der Waals surface area (Å²) >= 11 is -11.5. The molecule has 0 fully saturated rings. The first-order valence-electron chi connectivity index (χ1n) is 12.5. The van der Waals surface area contributed by atoms with Crippen LogP contribution in [0.3, 0.4) is 0 Å². The summed E-state index contributed by atoms with van der Waals surface area (Å²) in [4.78, 5) is 0. The molecule has 0 spiro atoms. The van der Waals surface area contributed by atoms with Gasteiger partial charge in [0.15, 0.2) is 0 Å². The monoisotopic (exact) mass is 802 g/mol. The molecular formula is C30H32Cr2Ni2O8P2. The number of hydrogen-bond acceptors (Lipinski definition) is 8. The van der Waals surface area contributed by atoms with E-state index < -0.39 is 27.2 Å². The second-order valence-electron chi connectivity index (χ2n) is 8.17. The van der Waals surface area contributed by atoms with Gasteiger partial charge in [0, 0.05) is 0 Å². The molecule has 0 unspecified atom stereocenters. The van der Waals surface area contributed by atoms with E-state index in [1.165, 1.54) is 33.5 Å². The van der Waals surface area contributed by atoms with Crippen molar-refractivity contribution in [1.82, 2.24) is 0 Å². The van der Waals surface area contributed by atoms with Gasteiger partial charge in [-0.25, -0.2) is 0 Å². The van der Waals surface area contributed by atoms with Gasteiger partial charge in [-0.05, 0) is 37.1 Å². The van der Waals surface area contributed by atoms with Crippen molar-refractivity contribution < 1.29 is 92.1 Å². The molecule has 0 aliphatic heterocycles. The molecule has 2 radical (unpaired) electrons. The van der Waals surface area contributed by atoms with Crippen molar-refractivity contribution in [2.24, 2.45) is 0 Å². The predicted octanol–water partition coefficient (Wildman–Crippen LogP) is 1.45. The van der Waals surface area contributed by atoms with Crippen molar-refractivity contribution in [3.8, 4) is 0 Å². The van der Waals surface area contributed by atoms with Gasteiger partial charge in [0.05, 0.1) is 0 Å². The average Bonchev–Trinajstić information content (AvgIpc) is 2.95. The second-order valence-corrected chi connectivity index (χ2v) is 15.4. The normalized spacial score (nSPS) is 10.4. The topological polar surface area (TPSA) is 161 Å². The summed E-state index contributed by atoms with van der Waals surface area (Å²) in [6, 6.07) is 43.1. The fourth-order valence-electron chi connectivity index (χ4n) is 3.56. The molecular weight excluding hydrogens is 772 g/mol. The van der Waals surface area contributed by atoms with Crippen LogP contribution in [0, 0.1) is 13.8 Å². The Hall–Kier alpha value is -1.17. The van der Waals surface area contributed by atoms with Crippen LogP contribution in [0.1, 0.15) is 12.8 Å². The average molecular weight is 804 g/mol. The van der Waals surface area contributed by atoms with Gasteiger partial charge in [-0.15, -0.1) is 0 Å². The molecule has 0 aromatic heterocycles. The summed E-state index contributed by atoms with van der Waals surface area (Å²) in [5.74, 6) is 0. The zero-order valence-corrected chi connectivity index (χ0v) is 29.7. The van der Waals surface area contributed by atoms with Gasteiger partial charge in [-0.3, -0.25) is 0 Å². The molecule has 0 heterocycles. The van der Waals surface area contributed by atoms with E-state index >= 15 is 0 Å². The van der Waals surface area contributed by atoms with Gasteiger partial charge in [0.2, 0.25) is 0 Å². The molecule has 0 saturated heterocycles. The van der Waals surface area contributed by atoms with Gasteiger partial charge >= 0.3 is 92.1 Å². The first kappa shape index (κ1) is 45.0. The predicted molar refractivity (Wildman–Crippen MR) is 151 cm³/mol. The second kappa shape index (κ2) is 25.0. The summed E-state index contributed by atoms with van der Waals surface area (Å²) < 4.78 is 68.8. The Morgan fingerprint density at radius 2 is 0.591 bits per heavy atom. The van der Waals surface area contributed by atoms with Crippen LogP contribution in [0.25, 0.3) is 0 Å². The van der Waals surface area contributed by atoms with Crippen LogP contribution in [0.2, 0.25) is 0 Å². The standard InChI is InChI=1S/2C15H16P.2Cr.2Ni.8O/c2*1-2-13-16(14-9-5-3-6-10-14)15-11-7-4-8-12-15;;;;;;;;;;;;/h2*3-12H,1-2,13H2;;;;;;;;;;;;/q2*-1;;;2*+3;;;;;4*-1. The summed E-state index contributed by atoms with van der Waals surface area (Å²) in [6.07, 6.45) is 4.33. The quantitative estimate of drug-likeness (QED) is 0.147. The first-order chi connectivity index (χ1) is 19.8. The molecule has 4 rings (SSSR count). The fraction of sp³-hybridized carbons (Fsp3) is 0.133. The van der Waals surface area contributed by atoms with Crippen molar-refractivity contribution in [3.63, 3.8) is 0 Å². The molecule has 0 N–H and O–H groups in total. The molecule has 242 valence electrons. The van der Waals surface area contributed by atoms with Crippen LogP contribution < -0.4 is 37.9 Å². The minimum atomic E-state index is -5.75. The number of hydrogen-bond donors (Lipinski definition) is 0. The van der Waals surface area contributed by atoms with Crippen LogP contribution in [-0.4, -0.2) is 12.3 Å². The van der Waals surface area contributed by atoms with Crippen molar-refractivity contribution >= 4 is 37.1 Å². The van der Waals surface area contributed by atoms with E-state index in [4.69, 9.17) is 31.8 Å². The summed E-state index contributed by atoms with van der Waals surface area (Å²) in [7, 11) is -0.427. The molecule has 0 amide bonds. The number of benzene rings is 4. The van der Waals surface area contributed by atoms with Gasteiger partial charge < -0.3 is 13.8 Å². The van der Waals surface area contributed by atoms with Crippen LogP contribution in [-0.2, 0) is 75.4 Å². The molecule has 0 aliphatic carbocycles. The summed E-state index contributed by atoms with van der Waals surface area (Å²) in [5.41, 5.74) is 0. The van der Waals surface area contributed by atoms with Crippen molar-refractivity contribution in [1.29, 1.82) is 0 Å². The molecule has 14 heteroatoms. The van der Waals surface area contributed by atoms with E-state index in [2.05, 4.69) is 135 Å². The van der Waals surface area contributed by atoms with E-state index in [0.29, 0.717) is 0 Å². The Morgan fingerprint density at radius 3 is 0.727 bits per heavy atom. The number of rotatable bonds is 8. The van der Waals surface area contributed by atoms with E-state index in [1.807, 2.05) is 0 Å². The third kappa shape index (κ3) is 23.2. The summed E-state index contributed by atoms with van der Waals surface area (Å²) in [5, 5.41) is 5.81. The summed E-state index contributed by atoms with van der Waals surface area (Å²) in [6.45, 7) is 7.99. The molecule has 0 saturated carbocycles. The molecule has 0 bridgehead atoms. The molecule has 0 aliphatic rings. The molecule has 4 aromatic carbocycles. The Balaban J connectivity index is 0. The Labute approximate surface area is 287 Å². The van der Waals surface area contributed by atoms with Crippen molar-refractivity contribution in [3.05, 3.63) is 135 Å². The van der Waals surface area contributed by atoms with Crippen LogP contribution in [0.4, 0.5) is 0 Å². The Morgan fingerprint density at radius 1 is 0.432 bits per heavy atom. The Kier molecular flexibility index (Phi) is 25.5. The van der Waals surface area contributed by atoms with Crippen LogP contribution in [0.5, 0.6) is 0 Å². The van der Waals surface area contributed by atoms with Gasteiger partial charge in [-0.2, -0.15) is 12.8 Å². The SMILES string of the molecule is [CH2-]CCP(c1ccccc1)c1ccccc1.[CH2-]CCP(c1ccccc1)c1ccccc1.[Ni+3].[Ni+3].[O]=[Cr](=[O])([O-])[O-].[O]=[Cr](=[O])([O-])[O-]. The third-order valence-electron chi connectivity index (χ3n) is 5.03. The van der Waals surface area contributed by atoms with E-state index in [0.717, 1.165) is 12.8 Å². The van der Waals surface area contributed by atoms with Crippen molar-refractivity contribution in [2.45, 2.75) is 12.8 Å². The van der Waals surface area contributed by atoms with Gasteiger partial charge in [0.1, 0.15) is 0 Å².